The van der Waals surface area contributed by atoms with Gasteiger partial charge < -0.3 is 18.6 Å². The maximum absolute atomic E-state index is 12.2. The van der Waals surface area contributed by atoms with Crippen LogP contribution in [0.2, 0.25) is 0 Å². The molecule has 0 fully saturated rings. The Morgan fingerprint density at radius 1 is 1.12 bits per heavy atom. The minimum absolute atomic E-state index is 0.149. The van der Waals surface area contributed by atoms with Crippen molar-refractivity contribution >= 4 is 16.9 Å². The van der Waals surface area contributed by atoms with Crippen molar-refractivity contribution in [3.8, 4) is 11.5 Å². The molecule has 0 aliphatic carbocycles. The molecule has 0 aliphatic heterocycles. The fraction of sp³-hybridized carbons (Fsp3) is 0.250. The molecule has 0 unspecified atom stereocenters. The third-order valence-corrected chi connectivity index (χ3v) is 3.86. The van der Waals surface area contributed by atoms with E-state index in [1.54, 1.807) is 19.4 Å². The Kier molecular flexibility index (Phi) is 5.23. The van der Waals surface area contributed by atoms with E-state index in [4.69, 9.17) is 18.6 Å². The van der Waals surface area contributed by atoms with Gasteiger partial charge in [-0.1, -0.05) is 18.2 Å². The van der Waals surface area contributed by atoms with Crippen molar-refractivity contribution in [3.05, 3.63) is 59.9 Å². The summed E-state index contributed by atoms with van der Waals surface area (Å²) in [5.74, 6) is 1.13. The molecule has 3 aromatic rings. The third kappa shape index (κ3) is 3.94. The third-order valence-electron chi connectivity index (χ3n) is 3.86. The molecule has 1 aromatic heterocycles. The molecular weight excluding hydrogens is 320 g/mol. The summed E-state index contributed by atoms with van der Waals surface area (Å²) in [4.78, 5) is 12.2. The largest absolute Gasteiger partial charge is 0.497 e. The fourth-order valence-electron chi connectivity index (χ4n) is 2.61. The number of fused-ring (bicyclic) bond motifs is 1. The molecule has 1 heterocycles. The summed E-state index contributed by atoms with van der Waals surface area (Å²) in [5, 5.41) is 0.882. The van der Waals surface area contributed by atoms with Crippen molar-refractivity contribution in [1.82, 2.24) is 0 Å². The first-order valence-corrected chi connectivity index (χ1v) is 8.11. The van der Waals surface area contributed by atoms with E-state index < -0.39 is 0 Å². The summed E-state index contributed by atoms with van der Waals surface area (Å²) < 4.78 is 21.6. The first kappa shape index (κ1) is 16.9. The molecule has 0 N–H and O–H groups in total. The zero-order valence-corrected chi connectivity index (χ0v) is 14.3. The number of para-hydroxylation sites is 1. The van der Waals surface area contributed by atoms with Crippen LogP contribution in [0.15, 0.2) is 53.1 Å². The lowest BCUT2D eigenvalue weighted by Gasteiger charge is -2.10. The van der Waals surface area contributed by atoms with Crippen LogP contribution in [-0.4, -0.2) is 19.7 Å². The molecule has 130 valence electrons. The minimum atomic E-state index is -0.315. The van der Waals surface area contributed by atoms with E-state index in [0.717, 1.165) is 22.3 Å². The molecule has 5 nitrogen and oxygen atoms in total. The highest BCUT2D eigenvalue weighted by Crippen LogP contribution is 2.26. The molecule has 0 radical (unpaired) electrons. The Hall–Kier alpha value is -2.95. The predicted molar refractivity (Wildman–Crippen MR) is 93.9 cm³/mol. The number of hydrogen-bond acceptors (Lipinski definition) is 5. The van der Waals surface area contributed by atoms with Gasteiger partial charge in [0.05, 0.1) is 26.4 Å². The van der Waals surface area contributed by atoms with Crippen LogP contribution in [0.5, 0.6) is 11.5 Å². The number of esters is 1. The summed E-state index contributed by atoms with van der Waals surface area (Å²) >= 11 is 0. The number of carbonyl (C=O) groups is 1. The van der Waals surface area contributed by atoms with Gasteiger partial charge in [0.1, 0.15) is 23.7 Å². The number of furan rings is 1. The van der Waals surface area contributed by atoms with Crippen LogP contribution in [0.1, 0.15) is 18.1 Å². The Morgan fingerprint density at radius 3 is 2.76 bits per heavy atom. The highest BCUT2D eigenvalue weighted by molar-refractivity contribution is 5.86. The van der Waals surface area contributed by atoms with Gasteiger partial charge in [-0.25, -0.2) is 0 Å². The number of ether oxygens (including phenoxy) is 3. The number of carbonyl (C=O) groups excluding carboxylic acids is 1. The summed E-state index contributed by atoms with van der Waals surface area (Å²) in [5.41, 5.74) is 2.32. The zero-order chi connectivity index (χ0) is 17.6. The van der Waals surface area contributed by atoms with Gasteiger partial charge in [0, 0.05) is 22.6 Å². The van der Waals surface area contributed by atoms with Crippen molar-refractivity contribution in [2.75, 3.05) is 13.7 Å². The van der Waals surface area contributed by atoms with Gasteiger partial charge in [0.2, 0.25) is 0 Å². The molecule has 2 aromatic carbocycles. The van der Waals surface area contributed by atoms with Crippen molar-refractivity contribution in [1.29, 1.82) is 0 Å². The lowest BCUT2D eigenvalue weighted by molar-refractivity contribution is -0.144. The van der Waals surface area contributed by atoms with E-state index in [1.165, 1.54) is 0 Å². The average Bonchev–Trinajstić information content (AvgIpc) is 3.03. The summed E-state index contributed by atoms with van der Waals surface area (Å²) in [6.45, 7) is 2.66. The van der Waals surface area contributed by atoms with Crippen molar-refractivity contribution in [2.24, 2.45) is 0 Å². The van der Waals surface area contributed by atoms with Gasteiger partial charge in [-0.3, -0.25) is 4.79 Å². The highest BCUT2D eigenvalue weighted by atomic mass is 16.5. The van der Waals surface area contributed by atoms with Crippen LogP contribution in [0, 0.1) is 0 Å². The first-order valence-electron chi connectivity index (χ1n) is 8.11. The van der Waals surface area contributed by atoms with Gasteiger partial charge >= 0.3 is 5.97 Å². The van der Waals surface area contributed by atoms with Gasteiger partial charge in [-0.2, -0.15) is 0 Å². The predicted octanol–water partition coefficient (Wildman–Crippen LogP) is 4.13. The molecule has 0 aliphatic rings. The SMILES string of the molecule is CCOc1ccccc1COC(=O)Cc1coc2cc(OC)ccc12. The molecule has 0 saturated heterocycles. The molecular formula is C20H20O5. The Balaban J connectivity index is 1.65. The Bertz CT molecular complexity index is 865. The second kappa shape index (κ2) is 7.75. The van der Waals surface area contributed by atoms with E-state index in [-0.39, 0.29) is 19.0 Å². The maximum Gasteiger partial charge on any atom is 0.310 e. The molecule has 3 rings (SSSR count). The van der Waals surface area contributed by atoms with Gasteiger partial charge in [0.25, 0.3) is 0 Å². The van der Waals surface area contributed by atoms with E-state index >= 15 is 0 Å². The zero-order valence-electron chi connectivity index (χ0n) is 14.3. The standard InChI is InChI=1S/C20H20O5/c1-3-23-18-7-5-4-6-14(18)12-25-20(21)10-15-13-24-19-11-16(22-2)8-9-17(15)19/h4-9,11,13H,3,10,12H2,1-2H3. The number of methoxy groups -OCH3 is 1. The van der Waals surface area contributed by atoms with Crippen molar-refractivity contribution in [3.63, 3.8) is 0 Å². The topological polar surface area (TPSA) is 57.9 Å². The van der Waals surface area contributed by atoms with Crippen LogP contribution in [0.4, 0.5) is 0 Å². The quantitative estimate of drug-likeness (QED) is 0.605. The number of rotatable bonds is 7. The highest BCUT2D eigenvalue weighted by Gasteiger charge is 2.13. The monoisotopic (exact) mass is 340 g/mol. The number of hydrogen-bond donors (Lipinski definition) is 0. The first-order chi connectivity index (χ1) is 12.2. The normalized spacial score (nSPS) is 10.6. The molecule has 5 heteroatoms. The van der Waals surface area contributed by atoms with E-state index in [1.807, 2.05) is 43.3 Å². The van der Waals surface area contributed by atoms with Crippen LogP contribution in [-0.2, 0) is 22.6 Å². The molecule has 0 spiro atoms. The summed E-state index contributed by atoms with van der Waals surface area (Å²) in [7, 11) is 1.60. The fourth-order valence-corrected chi connectivity index (χ4v) is 2.61. The molecule has 25 heavy (non-hydrogen) atoms. The molecule has 0 amide bonds. The Morgan fingerprint density at radius 2 is 1.96 bits per heavy atom. The van der Waals surface area contributed by atoms with Gasteiger partial charge in [-0.05, 0) is 25.1 Å². The van der Waals surface area contributed by atoms with Crippen LogP contribution in [0.25, 0.3) is 11.0 Å². The summed E-state index contributed by atoms with van der Waals surface area (Å²) in [6.07, 6.45) is 1.73. The summed E-state index contributed by atoms with van der Waals surface area (Å²) in [6, 6.07) is 13.0. The maximum atomic E-state index is 12.2. The van der Waals surface area contributed by atoms with Crippen molar-refractivity contribution in [2.45, 2.75) is 20.0 Å². The van der Waals surface area contributed by atoms with Crippen LogP contribution >= 0.6 is 0 Å². The van der Waals surface area contributed by atoms with Gasteiger partial charge in [0.15, 0.2) is 0 Å². The lowest BCUT2D eigenvalue weighted by Crippen LogP contribution is -2.08. The van der Waals surface area contributed by atoms with Crippen LogP contribution in [0.3, 0.4) is 0 Å². The number of benzene rings is 2. The van der Waals surface area contributed by atoms with E-state index in [9.17, 15) is 4.79 Å². The van der Waals surface area contributed by atoms with Crippen LogP contribution < -0.4 is 9.47 Å². The van der Waals surface area contributed by atoms with Gasteiger partial charge in [-0.15, -0.1) is 0 Å². The molecule has 0 bridgehead atoms. The molecule has 0 saturated carbocycles. The van der Waals surface area contributed by atoms with E-state index in [0.29, 0.717) is 17.9 Å². The minimum Gasteiger partial charge on any atom is -0.497 e. The average molecular weight is 340 g/mol. The second-order valence-corrected chi connectivity index (χ2v) is 5.50. The Labute approximate surface area is 146 Å². The molecule has 0 atom stereocenters. The lowest BCUT2D eigenvalue weighted by atomic mass is 10.1. The van der Waals surface area contributed by atoms with Crippen molar-refractivity contribution < 1.29 is 23.4 Å². The smallest absolute Gasteiger partial charge is 0.310 e. The van der Waals surface area contributed by atoms with E-state index in [2.05, 4.69) is 0 Å². The second-order valence-electron chi connectivity index (χ2n) is 5.50.